The number of anilines is 1. The molecule has 49 heavy (non-hydrogen) atoms. The Labute approximate surface area is 289 Å². The van der Waals surface area contributed by atoms with E-state index in [-0.39, 0.29) is 30.1 Å². The van der Waals surface area contributed by atoms with Gasteiger partial charge in [-0.15, -0.1) is 0 Å². The fourth-order valence-electron chi connectivity index (χ4n) is 7.56. The number of amides is 2. The number of hydrogen-bond donors (Lipinski definition) is 0. The minimum atomic E-state index is -0.272. The fraction of sp³-hybridized carbons (Fsp3) is 0.538. The molecule has 3 aliphatic rings. The Bertz CT molecular complexity index is 1620. The van der Waals surface area contributed by atoms with E-state index in [9.17, 15) is 14.9 Å². The normalized spacial score (nSPS) is 22.7. The van der Waals surface area contributed by atoms with Gasteiger partial charge < -0.3 is 24.0 Å². The number of carbonyl (C=O) groups is 2. The largest absolute Gasteiger partial charge is 0.495 e. The zero-order valence-electron chi connectivity index (χ0n) is 29.1. The topological polar surface area (TPSA) is 110 Å². The second-order valence-corrected chi connectivity index (χ2v) is 14.0. The lowest BCUT2D eigenvalue weighted by molar-refractivity contribution is -0.124. The van der Waals surface area contributed by atoms with Crippen molar-refractivity contribution in [1.29, 1.82) is 5.26 Å². The third kappa shape index (κ3) is 8.27. The number of hydrogen-bond acceptors (Lipinski definition) is 7. The molecule has 1 aliphatic heterocycles. The lowest BCUT2D eigenvalue weighted by Crippen LogP contribution is -2.44. The van der Waals surface area contributed by atoms with Gasteiger partial charge in [-0.1, -0.05) is 18.2 Å². The van der Waals surface area contributed by atoms with Gasteiger partial charge >= 0.3 is 6.09 Å². The summed E-state index contributed by atoms with van der Waals surface area (Å²) in [6.07, 6.45) is 10.3. The highest BCUT2D eigenvalue weighted by Gasteiger charge is 2.34. The molecule has 0 atom stereocenters. The van der Waals surface area contributed by atoms with E-state index in [2.05, 4.69) is 55.5 Å². The van der Waals surface area contributed by atoms with E-state index in [0.717, 1.165) is 42.5 Å². The maximum Gasteiger partial charge on any atom is 0.410 e. The van der Waals surface area contributed by atoms with E-state index in [4.69, 9.17) is 14.2 Å². The smallest absolute Gasteiger partial charge is 0.410 e. The highest BCUT2D eigenvalue weighted by molar-refractivity contribution is 5.95. The molecule has 2 aromatic carbocycles. The van der Waals surface area contributed by atoms with Crippen molar-refractivity contribution in [2.24, 2.45) is 11.8 Å². The molecule has 3 aromatic rings. The number of morpholine rings is 1. The van der Waals surface area contributed by atoms with Crippen LogP contribution in [0, 0.1) is 23.2 Å². The summed E-state index contributed by atoms with van der Waals surface area (Å²) in [5.41, 5.74) is 4.74. The minimum Gasteiger partial charge on any atom is -0.495 e. The van der Waals surface area contributed by atoms with Gasteiger partial charge in [0.25, 0.3) is 0 Å². The number of ether oxygens (including phenoxy) is 3. The summed E-state index contributed by atoms with van der Waals surface area (Å²) in [4.78, 5) is 30.9. The van der Waals surface area contributed by atoms with Crippen molar-refractivity contribution in [3.8, 4) is 22.9 Å². The van der Waals surface area contributed by atoms with Gasteiger partial charge in [0.1, 0.15) is 17.9 Å². The summed E-state index contributed by atoms with van der Waals surface area (Å²) in [5.74, 6) is 1.40. The second-order valence-electron chi connectivity index (χ2n) is 14.0. The molecule has 6 rings (SSSR count). The van der Waals surface area contributed by atoms with Crippen LogP contribution in [-0.2, 0) is 14.3 Å². The molecule has 3 fully saturated rings. The van der Waals surface area contributed by atoms with Crippen LogP contribution >= 0.6 is 0 Å². The average molecular weight is 668 g/mol. The summed E-state index contributed by atoms with van der Waals surface area (Å²) in [6, 6.07) is 16.8. The van der Waals surface area contributed by atoms with E-state index >= 15 is 0 Å². The van der Waals surface area contributed by atoms with Crippen LogP contribution in [0.5, 0.6) is 5.75 Å². The van der Waals surface area contributed by atoms with E-state index < -0.39 is 0 Å². The lowest BCUT2D eigenvalue weighted by atomic mass is 9.78. The summed E-state index contributed by atoms with van der Waals surface area (Å²) in [5, 5.41) is 14.2. The first-order valence-electron chi connectivity index (χ1n) is 17.9. The van der Waals surface area contributed by atoms with Gasteiger partial charge in [0, 0.05) is 49.0 Å². The van der Waals surface area contributed by atoms with Crippen molar-refractivity contribution in [3.05, 3.63) is 66.0 Å². The van der Waals surface area contributed by atoms with Crippen molar-refractivity contribution < 1.29 is 23.8 Å². The molecular weight excluding hydrogens is 618 g/mol. The molecular formula is C39H49N5O5. The number of carbonyl (C=O) groups excluding carboxylic acids is 2. The first-order valence-corrected chi connectivity index (χ1v) is 17.9. The standard InChI is InChI=1S/C39H49N5O5/c1-27(2)44-26-34(24-41-44)31-5-4-6-35(22-31)43(25-28-7-9-29(10-8-28)32-13-16-37(47-3)33(21-32)23-40)38(45)30-11-14-36(15-12-30)49-39(46)42-17-19-48-20-18-42/h4-6,13,16,21-22,24,26-30,36H,7-12,14-15,17-20,25H2,1-3H3. The molecule has 0 bridgehead atoms. The van der Waals surface area contributed by atoms with Gasteiger partial charge in [-0.05, 0) is 112 Å². The Morgan fingerprint density at radius 1 is 1.00 bits per heavy atom. The van der Waals surface area contributed by atoms with Crippen molar-refractivity contribution in [1.82, 2.24) is 14.7 Å². The summed E-state index contributed by atoms with van der Waals surface area (Å²) >= 11 is 0. The van der Waals surface area contributed by atoms with Crippen molar-refractivity contribution >= 4 is 17.7 Å². The first kappa shape index (κ1) is 34.5. The Kier molecular flexibility index (Phi) is 11.2. The maximum absolute atomic E-state index is 14.4. The zero-order chi connectivity index (χ0) is 34.3. The number of nitrogens with zero attached hydrogens (tertiary/aromatic N) is 5. The number of benzene rings is 2. The van der Waals surface area contributed by atoms with E-state index in [1.807, 2.05) is 34.0 Å². The number of methoxy groups -OCH3 is 1. The lowest BCUT2D eigenvalue weighted by Gasteiger charge is -2.36. The van der Waals surface area contributed by atoms with Crippen LogP contribution in [0.3, 0.4) is 0 Å². The molecule has 2 saturated carbocycles. The molecule has 2 amide bonds. The van der Waals surface area contributed by atoms with E-state index in [0.29, 0.717) is 81.7 Å². The minimum absolute atomic E-state index is 0.120. The molecule has 260 valence electrons. The summed E-state index contributed by atoms with van der Waals surface area (Å²) < 4.78 is 18.5. The number of rotatable bonds is 9. The van der Waals surface area contributed by atoms with Gasteiger partial charge in [-0.25, -0.2) is 4.79 Å². The van der Waals surface area contributed by atoms with Gasteiger partial charge in [0.15, 0.2) is 0 Å². The van der Waals surface area contributed by atoms with Crippen LogP contribution in [0.2, 0.25) is 0 Å². The van der Waals surface area contributed by atoms with Gasteiger partial charge in [0.2, 0.25) is 5.91 Å². The highest BCUT2D eigenvalue weighted by Crippen LogP contribution is 2.39. The molecule has 1 aromatic heterocycles. The molecule has 10 heteroatoms. The van der Waals surface area contributed by atoms with E-state index in [1.54, 1.807) is 12.0 Å². The third-order valence-electron chi connectivity index (χ3n) is 10.6. The Balaban J connectivity index is 1.15. The molecule has 0 radical (unpaired) electrons. The van der Waals surface area contributed by atoms with Gasteiger partial charge in [0.05, 0.1) is 32.1 Å². The molecule has 1 saturated heterocycles. The van der Waals surface area contributed by atoms with Gasteiger partial charge in [-0.3, -0.25) is 9.48 Å². The summed E-state index contributed by atoms with van der Waals surface area (Å²) in [7, 11) is 1.59. The third-order valence-corrected chi connectivity index (χ3v) is 10.6. The monoisotopic (exact) mass is 667 g/mol. The molecule has 0 spiro atoms. The molecule has 10 nitrogen and oxygen atoms in total. The predicted molar refractivity (Wildman–Crippen MR) is 187 cm³/mol. The van der Waals surface area contributed by atoms with Crippen LogP contribution in [0.25, 0.3) is 11.1 Å². The number of nitriles is 1. The van der Waals surface area contributed by atoms with Crippen LogP contribution in [-0.4, -0.2) is 72.7 Å². The maximum atomic E-state index is 14.4. The van der Waals surface area contributed by atoms with Crippen molar-refractivity contribution in [2.75, 3.05) is 44.9 Å². The van der Waals surface area contributed by atoms with Gasteiger partial charge in [-0.2, -0.15) is 10.4 Å². The van der Waals surface area contributed by atoms with Crippen LogP contribution in [0.1, 0.15) is 88.3 Å². The SMILES string of the molecule is COc1ccc(C2CCC(CN(C(=O)C3CCC(OC(=O)N4CCOCC4)CC3)c3cccc(-c4cnn(C(C)C)c4)c3)CC2)cc1C#N. The molecule has 0 unspecified atom stereocenters. The average Bonchev–Trinajstić information content (AvgIpc) is 3.66. The van der Waals surface area contributed by atoms with Crippen LogP contribution < -0.4 is 9.64 Å². The molecule has 2 aliphatic carbocycles. The first-order chi connectivity index (χ1) is 23.8. The molecule has 0 N–H and O–H groups in total. The predicted octanol–water partition coefficient (Wildman–Crippen LogP) is 7.35. The van der Waals surface area contributed by atoms with Crippen LogP contribution in [0.4, 0.5) is 10.5 Å². The quantitative estimate of drug-likeness (QED) is 0.235. The van der Waals surface area contributed by atoms with E-state index in [1.165, 1.54) is 5.56 Å². The Hall–Kier alpha value is -4.36. The second kappa shape index (κ2) is 15.9. The molecule has 2 heterocycles. The van der Waals surface area contributed by atoms with Crippen molar-refractivity contribution in [2.45, 2.75) is 83.3 Å². The number of aromatic nitrogens is 2. The summed E-state index contributed by atoms with van der Waals surface area (Å²) in [6.45, 7) is 7.08. The Morgan fingerprint density at radius 2 is 1.76 bits per heavy atom. The Morgan fingerprint density at radius 3 is 2.43 bits per heavy atom. The zero-order valence-corrected chi connectivity index (χ0v) is 29.1. The highest BCUT2D eigenvalue weighted by atomic mass is 16.6. The van der Waals surface area contributed by atoms with Crippen molar-refractivity contribution in [3.63, 3.8) is 0 Å². The fourth-order valence-corrected chi connectivity index (χ4v) is 7.56. The van der Waals surface area contributed by atoms with Crippen LogP contribution in [0.15, 0.2) is 54.9 Å².